The van der Waals surface area contributed by atoms with Crippen LogP contribution in [0, 0.1) is 3.57 Å². The number of carboxylic acids is 3. The van der Waals surface area contributed by atoms with Gasteiger partial charge in [0.25, 0.3) is 0 Å². The van der Waals surface area contributed by atoms with Gasteiger partial charge in [0.05, 0.1) is 16.0 Å². The molecule has 0 spiro atoms. The van der Waals surface area contributed by atoms with E-state index in [9.17, 15) is 97.4 Å². The van der Waals surface area contributed by atoms with Crippen LogP contribution in [0.25, 0.3) is 0 Å². The second-order valence-corrected chi connectivity index (χ2v) is 25.0. The number of primary amides is 3. The number of likely N-dealkylation sites (tertiary alicyclic amines) is 1. The van der Waals surface area contributed by atoms with Crippen LogP contribution >= 0.6 is 22.6 Å². The van der Waals surface area contributed by atoms with Gasteiger partial charge in [-0.25, -0.2) is 14.4 Å². The lowest BCUT2D eigenvalue weighted by Crippen LogP contribution is -2.60. The summed E-state index contributed by atoms with van der Waals surface area (Å²) < 4.78 is 95.7. The number of phenolic OH excluding ortho intramolecular Hbond substituents is 1. The number of nitrogens with two attached hydrogens (primary N) is 8. The van der Waals surface area contributed by atoms with Crippen LogP contribution < -0.4 is 77.8 Å². The number of benzene rings is 4. The van der Waals surface area contributed by atoms with Gasteiger partial charge in [0.1, 0.15) is 48.0 Å². The van der Waals surface area contributed by atoms with Crippen LogP contribution in [0.4, 0.5) is 39.5 Å². The number of alkyl halides is 9. The molecular formula is C66H81F9IN17O18. The Morgan fingerprint density at radius 1 is 0.486 bits per heavy atom. The van der Waals surface area contributed by atoms with Crippen LogP contribution in [0.2, 0.25) is 0 Å². The molecule has 0 radical (unpaired) electrons. The molecule has 4 aromatic rings. The summed E-state index contributed by atoms with van der Waals surface area (Å²) in [5, 5.41) is 46.8. The van der Waals surface area contributed by atoms with E-state index < -0.39 is 163 Å². The van der Waals surface area contributed by atoms with Gasteiger partial charge in [-0.3, -0.25) is 62.7 Å². The molecule has 35 nitrogen and oxygen atoms in total. The third-order valence-corrected chi connectivity index (χ3v) is 16.0. The van der Waals surface area contributed by atoms with Gasteiger partial charge in [0.2, 0.25) is 59.1 Å². The number of guanidine groups is 2. The van der Waals surface area contributed by atoms with Gasteiger partial charge < -0.3 is 103 Å². The Morgan fingerprint density at radius 3 is 1.36 bits per heavy atom. The second-order valence-electron chi connectivity index (χ2n) is 23.8. The molecule has 1 heterocycles. The molecule has 0 bridgehead atoms. The fourth-order valence-corrected chi connectivity index (χ4v) is 10.3. The number of aliphatic imine (C=N–C) groups is 2. The first-order chi connectivity index (χ1) is 51.6. The molecule has 8 atom stereocenters. The molecule has 45 heteroatoms. The van der Waals surface area contributed by atoms with Gasteiger partial charge in [0.15, 0.2) is 17.7 Å². The molecule has 26 N–H and O–H groups in total. The third-order valence-electron chi connectivity index (χ3n) is 15.1. The van der Waals surface area contributed by atoms with E-state index in [0.717, 1.165) is 0 Å². The SMILES string of the molecule is NC(=O)CC[C@H](NC(=O)[C@H](Cc1ccccc1)NC(=O)[C@H](N)Cc1ccc(C(=O)c2ccccc2)cc1)C(=O)N[C@@H](CC(N)=O)C(=O)N[C@@H](CCCN=C(N)N)C(=O)N1CCC[C@H]1C(=O)N[C@@H](CCCN=C(N)N)C(=O)N[C@@H](Cc1ccc(O)c(I)c1)C(N)=O.O=C(O)C(F)(F)F.O=C(O)C(F)(F)F.O=C(O)C(F)(F)F. The highest BCUT2D eigenvalue weighted by Crippen LogP contribution is 2.24. The number of carbonyl (C=O) groups excluding carboxylic acids is 11. The summed E-state index contributed by atoms with van der Waals surface area (Å²) in [6, 6.07) is 16.8. The smallest absolute Gasteiger partial charge is 0.490 e. The first-order valence-corrected chi connectivity index (χ1v) is 33.7. The minimum absolute atomic E-state index is 0.0000373. The predicted octanol–water partition coefficient (Wildman–Crippen LogP) is -0.884. The summed E-state index contributed by atoms with van der Waals surface area (Å²) in [4.78, 5) is 186. The molecule has 1 aliphatic heterocycles. The fraction of sp³-hybridized carbons (Fsp3) is 0.394. The quantitative estimate of drug-likeness (QED) is 0.00664. The highest BCUT2D eigenvalue weighted by molar-refractivity contribution is 14.1. The van der Waals surface area contributed by atoms with Crippen molar-refractivity contribution in [2.24, 2.45) is 55.9 Å². The monoisotopic (exact) mass is 1700 g/mol. The number of hydrogen-bond acceptors (Lipinski definition) is 18. The molecule has 0 unspecified atom stereocenters. The molecule has 111 heavy (non-hydrogen) atoms. The van der Waals surface area contributed by atoms with Gasteiger partial charge in [-0.05, 0) is 103 Å². The maximum Gasteiger partial charge on any atom is 0.490 e. The molecule has 1 saturated heterocycles. The number of nitrogens with one attached hydrogen (secondary N) is 6. The molecule has 1 aliphatic rings. The lowest BCUT2D eigenvalue weighted by molar-refractivity contribution is -0.193. The topological polar surface area (TPSA) is 628 Å². The average molecular weight is 1700 g/mol. The Hall–Kier alpha value is -11.9. The van der Waals surface area contributed by atoms with Gasteiger partial charge >= 0.3 is 36.4 Å². The first kappa shape index (κ1) is 95.1. The molecule has 608 valence electrons. The van der Waals surface area contributed by atoms with E-state index in [1.54, 1.807) is 97.1 Å². The first-order valence-electron chi connectivity index (χ1n) is 32.6. The van der Waals surface area contributed by atoms with Crippen LogP contribution in [0.3, 0.4) is 0 Å². The number of ketones is 1. The zero-order valence-electron chi connectivity index (χ0n) is 58.3. The minimum Gasteiger partial charge on any atom is -0.507 e. The van der Waals surface area contributed by atoms with Crippen molar-refractivity contribution < 1.29 is 127 Å². The van der Waals surface area contributed by atoms with Crippen LogP contribution in [-0.4, -0.2) is 207 Å². The van der Waals surface area contributed by atoms with Crippen molar-refractivity contribution in [2.45, 2.75) is 144 Å². The highest BCUT2D eigenvalue weighted by Gasteiger charge is 2.42. The van der Waals surface area contributed by atoms with Crippen molar-refractivity contribution in [3.63, 3.8) is 0 Å². The molecular weight excluding hydrogens is 1620 g/mol. The number of nitrogens with zero attached hydrogens (tertiary/aromatic N) is 3. The van der Waals surface area contributed by atoms with Gasteiger partial charge in [-0.2, -0.15) is 39.5 Å². The maximum absolute atomic E-state index is 14.7. The number of halogens is 10. The van der Waals surface area contributed by atoms with Crippen LogP contribution in [0.5, 0.6) is 5.75 Å². The summed E-state index contributed by atoms with van der Waals surface area (Å²) in [5.41, 5.74) is 47.9. The van der Waals surface area contributed by atoms with Crippen molar-refractivity contribution >= 4 is 117 Å². The van der Waals surface area contributed by atoms with Crippen molar-refractivity contribution in [3.8, 4) is 5.75 Å². The standard InChI is InChI=1S/C60H78IN17O12.3C2HF3O2/c61-38-28-35(19-23-47(38)79)31-43(51(65)83)75-53(85)40(14-7-25-70-59(66)67)73-57(89)46-16-9-27-78(46)58(90)42(15-8-26-71-60(68)69)74-56(88)45(32-49(64)81)77-54(86)41(22-24-48(63)80)72-55(87)44(30-33-10-3-1-4-11-33)76-52(84)39(62)29-34-17-20-37(21-18-34)50(82)36-12-5-2-6-13-36;3*3-2(4,5)1(6)7/h1-6,10-13,17-21,23,28,39-46,79H,7-9,14-16,22,24-27,29-32,62H2,(H2,63,80)(H2,64,81)(H2,65,83)(H,72,87)(H,73,89)(H,74,88)(H,75,85)(H,76,84)(H,77,86)(H4,66,67,70)(H4,68,69,71);3*(H,6,7)/t39-,40+,41+,42+,43+,44+,45+,46+;;;/m1.../s1. The van der Waals surface area contributed by atoms with Crippen molar-refractivity contribution in [1.29, 1.82) is 0 Å². The highest BCUT2D eigenvalue weighted by atomic mass is 127. The zero-order valence-corrected chi connectivity index (χ0v) is 60.4. The zero-order chi connectivity index (χ0) is 84.3. The number of hydrogen-bond donors (Lipinski definition) is 18. The van der Waals surface area contributed by atoms with Crippen molar-refractivity contribution in [1.82, 2.24) is 36.8 Å². The Labute approximate surface area is 638 Å². The number of aromatic hydroxyl groups is 1. The van der Waals surface area contributed by atoms with E-state index in [0.29, 0.717) is 31.4 Å². The molecule has 10 amide bonds. The van der Waals surface area contributed by atoms with E-state index >= 15 is 0 Å². The molecule has 5 rings (SSSR count). The lowest BCUT2D eigenvalue weighted by atomic mass is 9.99. The van der Waals surface area contributed by atoms with E-state index in [1.807, 2.05) is 22.6 Å². The van der Waals surface area contributed by atoms with Gasteiger partial charge in [0, 0.05) is 50.0 Å². The van der Waals surface area contributed by atoms with Gasteiger partial charge in [-0.1, -0.05) is 91.0 Å². The summed E-state index contributed by atoms with van der Waals surface area (Å²) in [6.07, 6.45) is -16.9. The predicted molar refractivity (Wildman–Crippen MR) is 381 cm³/mol. The molecule has 0 aliphatic carbocycles. The molecule has 0 saturated carbocycles. The Morgan fingerprint density at radius 2 is 0.892 bits per heavy atom. The van der Waals surface area contributed by atoms with E-state index in [2.05, 4.69) is 41.9 Å². The largest absolute Gasteiger partial charge is 0.507 e. The van der Waals surface area contributed by atoms with Crippen LogP contribution in [0.15, 0.2) is 113 Å². The summed E-state index contributed by atoms with van der Waals surface area (Å²) in [6.45, 7) is 0.00177. The minimum atomic E-state index is -5.08. The van der Waals surface area contributed by atoms with E-state index in [1.165, 1.54) is 11.0 Å². The Balaban J connectivity index is 0.00000174. The number of carboxylic acid groups (broad SMARTS) is 3. The Bertz CT molecular complexity index is 3900. The van der Waals surface area contributed by atoms with Gasteiger partial charge in [-0.15, -0.1) is 0 Å². The van der Waals surface area contributed by atoms with Crippen LogP contribution in [-0.2, 0) is 81.6 Å². The van der Waals surface area contributed by atoms with Crippen LogP contribution in [0.1, 0.15) is 90.4 Å². The molecule has 0 aromatic heterocycles. The number of aliphatic carboxylic acids is 3. The maximum atomic E-state index is 14.7. The number of carbonyl (C=O) groups is 14. The van der Waals surface area contributed by atoms with E-state index in [4.69, 9.17) is 75.6 Å². The number of rotatable bonds is 35. The normalized spacial score (nSPS) is 14.2. The fourth-order valence-electron chi connectivity index (χ4n) is 9.73. The summed E-state index contributed by atoms with van der Waals surface area (Å²) in [7, 11) is 0. The summed E-state index contributed by atoms with van der Waals surface area (Å²) >= 11 is 1.90. The lowest BCUT2D eigenvalue weighted by Gasteiger charge is -2.31. The van der Waals surface area contributed by atoms with Crippen molar-refractivity contribution in [2.75, 3.05) is 19.6 Å². The molecule has 4 aromatic carbocycles. The number of amides is 10. The Kier molecular flexibility index (Phi) is 39.2. The number of phenols is 1. The average Bonchev–Trinajstić information content (AvgIpc) is 1.79. The van der Waals surface area contributed by atoms with Crippen molar-refractivity contribution in [3.05, 3.63) is 135 Å². The van der Waals surface area contributed by atoms with E-state index in [-0.39, 0.29) is 101 Å². The molecule has 1 fully saturated rings. The summed E-state index contributed by atoms with van der Waals surface area (Å²) in [5.74, 6) is -18.1. The second kappa shape index (κ2) is 45.8. The third kappa shape index (κ3) is 36.2.